The van der Waals surface area contributed by atoms with Crippen LogP contribution < -0.4 is 18.9 Å². The number of hydrogen-bond acceptors (Lipinski definition) is 5. The first-order valence-corrected chi connectivity index (χ1v) is 7.01. The van der Waals surface area contributed by atoms with E-state index in [0.717, 1.165) is 5.56 Å². The van der Waals surface area contributed by atoms with Gasteiger partial charge in [-0.3, -0.25) is 4.79 Å². The van der Waals surface area contributed by atoms with Crippen molar-refractivity contribution >= 4 is 11.9 Å². The van der Waals surface area contributed by atoms with Crippen molar-refractivity contribution in [3.8, 4) is 23.0 Å². The maximum Gasteiger partial charge on any atom is 0.235 e. The summed E-state index contributed by atoms with van der Waals surface area (Å²) in [5, 5.41) is 0. The number of hydrogen-bond donors (Lipinski definition) is 0. The van der Waals surface area contributed by atoms with Gasteiger partial charge in [-0.15, -0.1) is 0 Å². The summed E-state index contributed by atoms with van der Waals surface area (Å²) in [6.07, 6.45) is 1.69. The van der Waals surface area contributed by atoms with Gasteiger partial charge in [-0.05, 0) is 11.6 Å². The topological polar surface area (TPSA) is 54.0 Å². The molecule has 1 aliphatic heterocycles. The molecule has 0 aliphatic carbocycles. The number of allylic oxidation sites excluding steroid dienone is 1. The van der Waals surface area contributed by atoms with E-state index >= 15 is 0 Å². The van der Waals surface area contributed by atoms with Crippen LogP contribution in [-0.2, 0) is 0 Å². The third kappa shape index (κ3) is 2.50. The normalized spacial score (nSPS) is 14.4. The molecule has 5 nitrogen and oxygen atoms in total. The van der Waals surface area contributed by atoms with E-state index < -0.39 is 0 Å². The van der Waals surface area contributed by atoms with Crippen LogP contribution in [0, 0.1) is 0 Å². The Morgan fingerprint density at radius 3 is 2.26 bits per heavy atom. The fourth-order valence-electron chi connectivity index (χ4n) is 2.49. The molecule has 0 unspecified atom stereocenters. The minimum Gasteiger partial charge on any atom is -0.496 e. The molecule has 0 radical (unpaired) electrons. The van der Waals surface area contributed by atoms with Crippen molar-refractivity contribution < 1.29 is 23.7 Å². The maximum absolute atomic E-state index is 12.7. The molecular weight excluding hydrogens is 296 g/mol. The number of fused-ring (bicyclic) bond motifs is 1. The van der Waals surface area contributed by atoms with Crippen molar-refractivity contribution in [2.24, 2.45) is 0 Å². The molecule has 0 atom stereocenters. The Bertz CT molecular complexity index is 778. The molecule has 0 spiro atoms. The van der Waals surface area contributed by atoms with E-state index in [1.54, 1.807) is 12.1 Å². The van der Waals surface area contributed by atoms with Gasteiger partial charge in [0.1, 0.15) is 11.3 Å². The Hall–Kier alpha value is -2.95. The molecule has 0 fully saturated rings. The Morgan fingerprint density at radius 1 is 0.957 bits per heavy atom. The number of ether oxygens (including phenoxy) is 4. The van der Waals surface area contributed by atoms with Crippen LogP contribution in [0.3, 0.4) is 0 Å². The van der Waals surface area contributed by atoms with Crippen molar-refractivity contribution in [2.45, 2.75) is 0 Å². The van der Waals surface area contributed by atoms with Crippen molar-refractivity contribution in [1.29, 1.82) is 0 Å². The van der Waals surface area contributed by atoms with Crippen LogP contribution in [0.5, 0.6) is 23.0 Å². The van der Waals surface area contributed by atoms with Gasteiger partial charge >= 0.3 is 0 Å². The SMILES string of the molecule is COc1cc(OC)c2c(c1OC)O/C(=C\c1ccccc1)C2=O. The van der Waals surface area contributed by atoms with Gasteiger partial charge < -0.3 is 18.9 Å². The van der Waals surface area contributed by atoms with Gasteiger partial charge in [-0.25, -0.2) is 0 Å². The molecule has 2 aromatic rings. The summed E-state index contributed by atoms with van der Waals surface area (Å²) in [4.78, 5) is 12.7. The van der Waals surface area contributed by atoms with Crippen LogP contribution >= 0.6 is 0 Å². The van der Waals surface area contributed by atoms with E-state index in [1.807, 2.05) is 30.3 Å². The molecule has 0 bridgehead atoms. The van der Waals surface area contributed by atoms with Gasteiger partial charge in [-0.1, -0.05) is 30.3 Å². The van der Waals surface area contributed by atoms with Gasteiger partial charge in [0.15, 0.2) is 17.3 Å². The van der Waals surface area contributed by atoms with Crippen LogP contribution in [0.25, 0.3) is 6.08 Å². The van der Waals surface area contributed by atoms with Crippen LogP contribution in [0.4, 0.5) is 0 Å². The van der Waals surface area contributed by atoms with Crippen LogP contribution in [0.2, 0.25) is 0 Å². The molecule has 0 N–H and O–H groups in total. The number of benzene rings is 2. The highest BCUT2D eigenvalue weighted by Gasteiger charge is 2.36. The zero-order valence-corrected chi connectivity index (χ0v) is 13.1. The Morgan fingerprint density at radius 2 is 1.65 bits per heavy atom. The Kier molecular flexibility index (Phi) is 3.93. The second-order valence-electron chi connectivity index (χ2n) is 4.87. The number of ketones is 1. The molecule has 0 saturated carbocycles. The molecule has 0 aromatic heterocycles. The van der Waals surface area contributed by atoms with Crippen LogP contribution in [0.15, 0.2) is 42.2 Å². The number of carbonyl (C=O) groups is 1. The third-order valence-electron chi connectivity index (χ3n) is 3.57. The zero-order valence-electron chi connectivity index (χ0n) is 13.1. The minimum absolute atomic E-state index is 0.219. The Labute approximate surface area is 134 Å². The fraction of sp³-hybridized carbons (Fsp3) is 0.167. The largest absolute Gasteiger partial charge is 0.496 e. The van der Waals surface area contributed by atoms with Crippen LogP contribution in [-0.4, -0.2) is 27.1 Å². The highest BCUT2D eigenvalue weighted by atomic mass is 16.5. The van der Waals surface area contributed by atoms with E-state index in [2.05, 4.69) is 0 Å². The predicted octanol–water partition coefficient (Wildman–Crippen LogP) is 3.33. The van der Waals surface area contributed by atoms with Crippen molar-refractivity contribution in [3.63, 3.8) is 0 Å². The lowest BCUT2D eigenvalue weighted by Crippen LogP contribution is -2.00. The van der Waals surface area contributed by atoms with Crippen molar-refractivity contribution in [2.75, 3.05) is 21.3 Å². The van der Waals surface area contributed by atoms with E-state index in [9.17, 15) is 4.79 Å². The molecule has 118 valence electrons. The van der Waals surface area contributed by atoms with Gasteiger partial charge in [0.2, 0.25) is 11.5 Å². The van der Waals surface area contributed by atoms with Gasteiger partial charge in [-0.2, -0.15) is 0 Å². The smallest absolute Gasteiger partial charge is 0.235 e. The average molecular weight is 312 g/mol. The minimum atomic E-state index is -0.248. The van der Waals surface area contributed by atoms with E-state index in [0.29, 0.717) is 28.6 Å². The second kappa shape index (κ2) is 6.04. The lowest BCUT2D eigenvalue weighted by Gasteiger charge is -2.13. The molecule has 23 heavy (non-hydrogen) atoms. The lowest BCUT2D eigenvalue weighted by molar-refractivity contribution is 0.101. The molecule has 3 rings (SSSR count). The summed E-state index contributed by atoms with van der Waals surface area (Å²) in [5.74, 6) is 1.48. The number of carbonyl (C=O) groups excluding carboxylic acids is 1. The molecular formula is C18H16O5. The third-order valence-corrected chi connectivity index (χ3v) is 3.57. The highest BCUT2D eigenvalue weighted by molar-refractivity contribution is 6.17. The van der Waals surface area contributed by atoms with Gasteiger partial charge in [0, 0.05) is 6.07 Å². The van der Waals surface area contributed by atoms with E-state index in [-0.39, 0.29) is 11.5 Å². The lowest BCUT2D eigenvalue weighted by atomic mass is 10.1. The molecule has 1 aliphatic rings. The molecule has 0 saturated heterocycles. The highest BCUT2D eigenvalue weighted by Crippen LogP contribution is 2.50. The van der Waals surface area contributed by atoms with Crippen LogP contribution in [0.1, 0.15) is 15.9 Å². The second-order valence-corrected chi connectivity index (χ2v) is 4.87. The molecule has 2 aromatic carbocycles. The first-order chi connectivity index (χ1) is 11.2. The van der Waals surface area contributed by atoms with Gasteiger partial charge in [0.05, 0.1) is 21.3 Å². The molecule has 0 amide bonds. The fourth-order valence-corrected chi connectivity index (χ4v) is 2.49. The monoisotopic (exact) mass is 312 g/mol. The number of Topliss-reactive ketones (excluding diaryl/α,β-unsaturated/α-hetero) is 1. The quantitative estimate of drug-likeness (QED) is 0.811. The Balaban J connectivity index is 2.13. The standard InChI is InChI=1S/C18H16O5/c1-20-12-10-14(21-2)17(22-3)18-15(12)16(19)13(23-18)9-11-7-5-4-6-8-11/h4-10H,1-3H3/b13-9-. The molecule has 1 heterocycles. The first-order valence-electron chi connectivity index (χ1n) is 7.01. The van der Waals surface area contributed by atoms with Crippen molar-refractivity contribution in [3.05, 3.63) is 53.3 Å². The maximum atomic E-state index is 12.7. The van der Waals surface area contributed by atoms with E-state index in [1.165, 1.54) is 21.3 Å². The average Bonchev–Trinajstić information content (AvgIpc) is 2.91. The molecule has 5 heteroatoms. The first kappa shape index (κ1) is 15.0. The summed E-state index contributed by atoms with van der Waals surface area (Å²) in [5.41, 5.74) is 1.21. The number of methoxy groups -OCH3 is 3. The number of rotatable bonds is 4. The summed E-state index contributed by atoms with van der Waals surface area (Å²) in [6.45, 7) is 0. The van der Waals surface area contributed by atoms with E-state index in [4.69, 9.17) is 18.9 Å². The van der Waals surface area contributed by atoms with Gasteiger partial charge in [0.25, 0.3) is 0 Å². The summed E-state index contributed by atoms with van der Waals surface area (Å²) < 4.78 is 21.7. The summed E-state index contributed by atoms with van der Waals surface area (Å²) in [7, 11) is 4.51. The predicted molar refractivity (Wildman–Crippen MR) is 85.5 cm³/mol. The summed E-state index contributed by atoms with van der Waals surface area (Å²) in [6, 6.07) is 11.1. The van der Waals surface area contributed by atoms with Crippen molar-refractivity contribution in [1.82, 2.24) is 0 Å². The zero-order chi connectivity index (χ0) is 16.4. The summed E-state index contributed by atoms with van der Waals surface area (Å²) >= 11 is 0.